The van der Waals surface area contributed by atoms with E-state index < -0.39 is 17.3 Å². The molecule has 0 spiro atoms. The van der Waals surface area contributed by atoms with E-state index in [0.29, 0.717) is 16.0 Å². The number of benzene rings is 1. The van der Waals surface area contributed by atoms with Gasteiger partial charge in [-0.25, -0.2) is 9.37 Å². The lowest BCUT2D eigenvalue weighted by Gasteiger charge is -2.07. The van der Waals surface area contributed by atoms with E-state index in [0.717, 1.165) is 6.07 Å². The van der Waals surface area contributed by atoms with Crippen LogP contribution in [0.4, 0.5) is 10.1 Å². The van der Waals surface area contributed by atoms with E-state index in [9.17, 15) is 14.0 Å². The van der Waals surface area contributed by atoms with Crippen LogP contribution in [0.15, 0.2) is 33.5 Å². The van der Waals surface area contributed by atoms with E-state index in [-0.39, 0.29) is 11.4 Å². The van der Waals surface area contributed by atoms with Crippen molar-refractivity contribution < 1.29 is 9.18 Å². The van der Waals surface area contributed by atoms with Crippen LogP contribution in [0.1, 0.15) is 16.3 Å². The predicted octanol–water partition coefficient (Wildman–Crippen LogP) is 2.79. The van der Waals surface area contributed by atoms with Gasteiger partial charge in [-0.3, -0.25) is 9.59 Å². The van der Waals surface area contributed by atoms with Crippen LogP contribution in [0.2, 0.25) is 0 Å². The van der Waals surface area contributed by atoms with Gasteiger partial charge in [-0.2, -0.15) is 11.8 Å². The van der Waals surface area contributed by atoms with Crippen molar-refractivity contribution in [2.24, 2.45) is 0 Å². The largest absolute Gasteiger partial charge is 0.318 e. The van der Waals surface area contributed by atoms with Crippen molar-refractivity contribution in [3.05, 3.63) is 56.4 Å². The van der Waals surface area contributed by atoms with Crippen molar-refractivity contribution >= 4 is 39.3 Å². The number of nitrogens with one attached hydrogen (secondary N) is 2. The van der Waals surface area contributed by atoms with E-state index >= 15 is 0 Å². The lowest BCUT2D eigenvalue weighted by atomic mass is 10.3. The van der Waals surface area contributed by atoms with Crippen LogP contribution in [0.25, 0.3) is 0 Å². The Balaban J connectivity index is 2.25. The first-order valence-corrected chi connectivity index (χ1v) is 8.04. The van der Waals surface area contributed by atoms with Gasteiger partial charge in [-0.05, 0) is 24.5 Å². The number of nitrogens with zero attached hydrogens (tertiary/aromatic N) is 1. The van der Waals surface area contributed by atoms with Gasteiger partial charge in [0.15, 0.2) is 0 Å². The third kappa shape index (κ3) is 4.15. The molecule has 2 aromatic rings. The number of carbonyl (C=O) groups excluding carboxylic acids is 1. The number of rotatable bonds is 4. The quantitative estimate of drug-likeness (QED) is 0.866. The first-order valence-electron chi connectivity index (χ1n) is 5.85. The molecule has 21 heavy (non-hydrogen) atoms. The summed E-state index contributed by atoms with van der Waals surface area (Å²) in [6.07, 6.45) is 1.85. The van der Waals surface area contributed by atoms with Gasteiger partial charge in [0.05, 0.1) is 11.4 Å². The standard InChI is InChI=1S/C13H11BrFN3O2S/c1-21-6-11-16-10(5-12(19)18-11)13(20)17-9-3-2-7(14)4-8(9)15/h2-5H,6H2,1H3,(H,17,20)(H,16,18,19). The average molecular weight is 372 g/mol. The SMILES string of the molecule is CSCc1nc(C(=O)Nc2ccc(Br)cc2F)cc(=O)[nH]1. The highest BCUT2D eigenvalue weighted by atomic mass is 79.9. The second kappa shape index (κ2) is 6.86. The van der Waals surface area contributed by atoms with Gasteiger partial charge in [-0.15, -0.1) is 0 Å². The number of aromatic nitrogens is 2. The molecule has 8 heteroatoms. The summed E-state index contributed by atoms with van der Waals surface area (Å²) >= 11 is 4.59. The molecule has 0 aliphatic carbocycles. The van der Waals surface area contributed by atoms with Crippen molar-refractivity contribution in [1.82, 2.24) is 9.97 Å². The van der Waals surface area contributed by atoms with Crippen LogP contribution in [0, 0.1) is 5.82 Å². The molecule has 0 fully saturated rings. The number of amides is 1. The Morgan fingerprint density at radius 3 is 2.90 bits per heavy atom. The number of hydrogen-bond donors (Lipinski definition) is 2. The van der Waals surface area contributed by atoms with Crippen LogP contribution in [0.5, 0.6) is 0 Å². The average Bonchev–Trinajstić information content (AvgIpc) is 2.41. The van der Waals surface area contributed by atoms with Gasteiger partial charge < -0.3 is 10.3 Å². The molecule has 1 heterocycles. The zero-order valence-corrected chi connectivity index (χ0v) is 13.3. The van der Waals surface area contributed by atoms with Crippen LogP contribution < -0.4 is 10.9 Å². The van der Waals surface area contributed by atoms with Crippen LogP contribution in [-0.4, -0.2) is 22.1 Å². The molecule has 0 unspecified atom stereocenters. The third-order valence-electron chi connectivity index (χ3n) is 2.48. The van der Waals surface area contributed by atoms with Gasteiger partial charge in [0.1, 0.15) is 17.3 Å². The monoisotopic (exact) mass is 371 g/mol. The number of halogens is 2. The van der Waals surface area contributed by atoms with E-state index in [1.165, 1.54) is 23.9 Å². The molecule has 0 saturated heterocycles. The number of anilines is 1. The van der Waals surface area contributed by atoms with Gasteiger partial charge in [-0.1, -0.05) is 15.9 Å². The molecular weight excluding hydrogens is 361 g/mol. The van der Waals surface area contributed by atoms with Crippen molar-refractivity contribution in [2.45, 2.75) is 5.75 Å². The van der Waals surface area contributed by atoms with Crippen LogP contribution in [-0.2, 0) is 5.75 Å². The maximum Gasteiger partial charge on any atom is 0.274 e. The lowest BCUT2D eigenvalue weighted by Crippen LogP contribution is -2.20. The zero-order valence-electron chi connectivity index (χ0n) is 10.9. The summed E-state index contributed by atoms with van der Waals surface area (Å²) in [5, 5.41) is 2.39. The minimum Gasteiger partial charge on any atom is -0.318 e. The number of hydrogen-bond acceptors (Lipinski definition) is 4. The minimum atomic E-state index is -0.635. The fourth-order valence-electron chi connectivity index (χ4n) is 1.61. The molecule has 1 aromatic carbocycles. The normalized spacial score (nSPS) is 10.4. The highest BCUT2D eigenvalue weighted by Crippen LogP contribution is 2.19. The molecule has 5 nitrogen and oxygen atoms in total. The van der Waals surface area contributed by atoms with E-state index in [1.54, 1.807) is 6.07 Å². The van der Waals surface area contributed by atoms with E-state index in [4.69, 9.17) is 0 Å². The van der Waals surface area contributed by atoms with Crippen LogP contribution in [0.3, 0.4) is 0 Å². The molecule has 1 amide bonds. The molecule has 0 aliphatic heterocycles. The molecular formula is C13H11BrFN3O2S. The van der Waals surface area contributed by atoms with E-state index in [1.807, 2.05) is 6.26 Å². The fourth-order valence-corrected chi connectivity index (χ4v) is 2.35. The summed E-state index contributed by atoms with van der Waals surface area (Å²) < 4.78 is 14.2. The number of thioether (sulfide) groups is 1. The Morgan fingerprint density at radius 1 is 1.48 bits per heavy atom. The Bertz CT molecular complexity index is 736. The topological polar surface area (TPSA) is 74.8 Å². The maximum absolute atomic E-state index is 13.7. The van der Waals surface area contributed by atoms with Crippen molar-refractivity contribution in [3.63, 3.8) is 0 Å². The highest BCUT2D eigenvalue weighted by Gasteiger charge is 2.13. The van der Waals surface area contributed by atoms with Crippen molar-refractivity contribution in [2.75, 3.05) is 11.6 Å². The summed E-state index contributed by atoms with van der Waals surface area (Å²) in [5.41, 5.74) is -0.447. The molecule has 2 N–H and O–H groups in total. The number of H-pyrrole nitrogens is 1. The summed E-state index contributed by atoms with van der Waals surface area (Å²) in [4.78, 5) is 30.1. The second-order valence-electron chi connectivity index (χ2n) is 4.09. The molecule has 0 bridgehead atoms. The molecule has 0 atom stereocenters. The van der Waals surface area contributed by atoms with Crippen molar-refractivity contribution in [1.29, 1.82) is 0 Å². The summed E-state index contributed by atoms with van der Waals surface area (Å²) in [6, 6.07) is 5.34. The summed E-state index contributed by atoms with van der Waals surface area (Å²) in [5.74, 6) is -0.337. The van der Waals surface area contributed by atoms with E-state index in [2.05, 4.69) is 31.2 Å². The Morgan fingerprint density at radius 2 is 2.24 bits per heavy atom. The molecule has 2 rings (SSSR count). The smallest absolute Gasteiger partial charge is 0.274 e. The molecule has 110 valence electrons. The lowest BCUT2D eigenvalue weighted by molar-refractivity contribution is 0.102. The highest BCUT2D eigenvalue weighted by molar-refractivity contribution is 9.10. The predicted molar refractivity (Wildman–Crippen MR) is 84.1 cm³/mol. The number of aromatic amines is 1. The molecule has 1 aromatic heterocycles. The van der Waals surface area contributed by atoms with Crippen LogP contribution >= 0.6 is 27.7 Å². The van der Waals surface area contributed by atoms with Crippen molar-refractivity contribution in [3.8, 4) is 0 Å². The van der Waals surface area contributed by atoms with Gasteiger partial charge in [0.25, 0.3) is 11.5 Å². The van der Waals surface area contributed by atoms with Gasteiger partial charge in [0, 0.05) is 10.5 Å². The summed E-state index contributed by atoms with van der Waals surface area (Å²) in [6.45, 7) is 0. The minimum absolute atomic E-state index is 0.0247. The Hall–Kier alpha value is -1.67. The first-order chi connectivity index (χ1) is 9.99. The zero-order chi connectivity index (χ0) is 15.4. The molecule has 0 radical (unpaired) electrons. The van der Waals surface area contributed by atoms with Gasteiger partial charge in [0.2, 0.25) is 0 Å². The maximum atomic E-state index is 13.7. The first kappa shape index (κ1) is 15.7. The molecule has 0 saturated carbocycles. The fraction of sp³-hybridized carbons (Fsp3) is 0.154. The molecule has 0 aliphatic rings. The second-order valence-corrected chi connectivity index (χ2v) is 5.87. The van der Waals surface area contributed by atoms with Gasteiger partial charge >= 0.3 is 0 Å². The third-order valence-corrected chi connectivity index (χ3v) is 3.54. The Labute approximate surface area is 132 Å². The number of carbonyl (C=O) groups is 1. The summed E-state index contributed by atoms with van der Waals surface area (Å²) in [7, 11) is 0. The Kier molecular flexibility index (Phi) is 5.13.